The van der Waals surface area contributed by atoms with E-state index in [-0.39, 0.29) is 17.5 Å². The summed E-state index contributed by atoms with van der Waals surface area (Å²) in [5.41, 5.74) is 1.95. The lowest BCUT2D eigenvalue weighted by Crippen LogP contribution is -2.17. The van der Waals surface area contributed by atoms with E-state index in [1.807, 2.05) is 41.1 Å². The number of benzene rings is 2. The van der Waals surface area contributed by atoms with Crippen molar-refractivity contribution in [3.8, 4) is 5.75 Å². The Morgan fingerprint density at radius 3 is 2.74 bits per heavy atom. The highest BCUT2D eigenvalue weighted by Gasteiger charge is 2.22. The lowest BCUT2D eigenvalue weighted by Gasteiger charge is -2.08. The predicted molar refractivity (Wildman–Crippen MR) is 110 cm³/mol. The molecule has 1 aliphatic rings. The van der Waals surface area contributed by atoms with Crippen LogP contribution < -0.4 is 10.1 Å². The molecule has 4 rings (SSSR count). The molecule has 2 heterocycles. The number of amides is 1. The Bertz CT molecular complexity index is 1070. The Kier molecular flexibility index (Phi) is 4.96. The normalized spacial score (nSPS) is 15.5. The van der Waals surface area contributed by atoms with E-state index in [0.29, 0.717) is 22.4 Å². The Morgan fingerprint density at radius 2 is 1.96 bits per heavy atom. The number of aromatic nitrogens is 1. The molecule has 1 aromatic heterocycles. The number of rotatable bonds is 5. The second-order valence-electron chi connectivity index (χ2n) is 5.93. The number of para-hydroxylation sites is 2. The van der Waals surface area contributed by atoms with E-state index in [9.17, 15) is 9.18 Å². The van der Waals surface area contributed by atoms with Crippen LogP contribution in [0.4, 0.5) is 4.39 Å². The molecular weight excluding hydrogens is 383 g/mol. The van der Waals surface area contributed by atoms with Gasteiger partial charge in [0.2, 0.25) is 0 Å². The summed E-state index contributed by atoms with van der Waals surface area (Å²) >= 11 is 6.30. The quantitative estimate of drug-likeness (QED) is 0.513. The highest BCUT2D eigenvalue weighted by Crippen LogP contribution is 2.29. The minimum atomic E-state index is -0.375. The van der Waals surface area contributed by atoms with Crippen molar-refractivity contribution in [3.63, 3.8) is 0 Å². The van der Waals surface area contributed by atoms with Gasteiger partial charge < -0.3 is 14.6 Å². The van der Waals surface area contributed by atoms with Crippen LogP contribution >= 0.6 is 24.0 Å². The number of hydrogen-bond acceptors (Lipinski definition) is 4. The second kappa shape index (κ2) is 7.54. The molecule has 0 radical (unpaired) electrons. The largest absolute Gasteiger partial charge is 0.489 e. The van der Waals surface area contributed by atoms with Crippen molar-refractivity contribution < 1.29 is 13.9 Å². The lowest BCUT2D eigenvalue weighted by atomic mass is 10.1. The molecule has 4 nitrogen and oxygen atoms in total. The Hall–Kier alpha value is -2.64. The molecule has 1 N–H and O–H groups in total. The molecule has 136 valence electrons. The number of carbonyl (C=O) groups excluding carboxylic acids is 1. The zero-order chi connectivity index (χ0) is 18.8. The van der Waals surface area contributed by atoms with Crippen LogP contribution in [0.25, 0.3) is 17.0 Å². The zero-order valence-corrected chi connectivity index (χ0v) is 15.8. The van der Waals surface area contributed by atoms with Gasteiger partial charge in [-0.3, -0.25) is 4.79 Å². The highest BCUT2D eigenvalue weighted by atomic mass is 32.2. The summed E-state index contributed by atoms with van der Waals surface area (Å²) in [6.07, 6.45) is 3.81. The van der Waals surface area contributed by atoms with Gasteiger partial charge in [0.05, 0.1) is 11.4 Å². The highest BCUT2D eigenvalue weighted by molar-refractivity contribution is 8.26. The van der Waals surface area contributed by atoms with Gasteiger partial charge >= 0.3 is 0 Å². The third-order valence-electron chi connectivity index (χ3n) is 4.17. The van der Waals surface area contributed by atoms with Crippen LogP contribution in [-0.2, 0) is 11.3 Å². The van der Waals surface area contributed by atoms with Crippen LogP contribution in [0.15, 0.2) is 59.6 Å². The van der Waals surface area contributed by atoms with Crippen LogP contribution in [0, 0.1) is 5.82 Å². The van der Waals surface area contributed by atoms with Crippen molar-refractivity contribution in [2.24, 2.45) is 0 Å². The average molecular weight is 398 g/mol. The fourth-order valence-electron chi connectivity index (χ4n) is 2.95. The number of nitrogens with zero attached hydrogens (tertiary/aromatic N) is 1. The molecule has 1 aliphatic heterocycles. The fraction of sp³-hybridized carbons (Fsp3) is 0.100. The van der Waals surface area contributed by atoms with Crippen molar-refractivity contribution in [1.29, 1.82) is 0 Å². The van der Waals surface area contributed by atoms with E-state index in [1.165, 1.54) is 17.8 Å². The summed E-state index contributed by atoms with van der Waals surface area (Å²) in [6.45, 7) is 0.880. The fourth-order valence-corrected chi connectivity index (χ4v) is 3.99. The summed E-state index contributed by atoms with van der Waals surface area (Å²) < 4.78 is 21.8. The first-order valence-electron chi connectivity index (χ1n) is 8.32. The maximum atomic E-state index is 13.7. The van der Waals surface area contributed by atoms with Crippen LogP contribution in [0.1, 0.15) is 5.56 Å². The third kappa shape index (κ3) is 3.74. The predicted octanol–water partition coefficient (Wildman–Crippen LogP) is 4.35. The van der Waals surface area contributed by atoms with Gasteiger partial charge in [0.15, 0.2) is 11.6 Å². The van der Waals surface area contributed by atoms with Gasteiger partial charge in [-0.15, -0.1) is 0 Å². The molecular formula is C20H15FN2O2S2. The number of thiocarbonyl (C=S) groups is 1. The number of carbonyl (C=O) groups is 1. The molecule has 1 saturated heterocycles. The van der Waals surface area contributed by atoms with Gasteiger partial charge in [-0.1, -0.05) is 54.3 Å². The number of fused-ring (bicyclic) bond motifs is 1. The number of nitrogens with one attached hydrogen (secondary N) is 1. The maximum Gasteiger partial charge on any atom is 0.263 e. The Morgan fingerprint density at radius 1 is 1.19 bits per heavy atom. The lowest BCUT2D eigenvalue weighted by molar-refractivity contribution is -0.115. The molecule has 0 bridgehead atoms. The molecule has 7 heteroatoms. The minimum absolute atomic E-state index is 0.176. The van der Waals surface area contributed by atoms with E-state index in [2.05, 4.69) is 5.32 Å². The van der Waals surface area contributed by atoms with Crippen molar-refractivity contribution in [1.82, 2.24) is 9.88 Å². The topological polar surface area (TPSA) is 43.3 Å². The van der Waals surface area contributed by atoms with Crippen molar-refractivity contribution in [2.45, 2.75) is 6.54 Å². The van der Waals surface area contributed by atoms with Gasteiger partial charge in [-0.05, 0) is 24.3 Å². The van der Waals surface area contributed by atoms with Crippen molar-refractivity contribution in [3.05, 3.63) is 71.0 Å². The van der Waals surface area contributed by atoms with E-state index >= 15 is 0 Å². The third-order valence-corrected chi connectivity index (χ3v) is 5.34. The SMILES string of the molecule is O=C1NC(=S)SC1=Cc1cn(CCOc2ccccc2F)c2ccccc12. The molecule has 3 aromatic rings. The summed E-state index contributed by atoms with van der Waals surface area (Å²) in [4.78, 5) is 12.5. The summed E-state index contributed by atoms with van der Waals surface area (Å²) in [6, 6.07) is 14.3. The van der Waals surface area contributed by atoms with E-state index in [4.69, 9.17) is 17.0 Å². The molecule has 1 amide bonds. The first-order valence-corrected chi connectivity index (χ1v) is 9.54. The number of hydrogen-bond donors (Lipinski definition) is 1. The first kappa shape index (κ1) is 17.8. The summed E-state index contributed by atoms with van der Waals surface area (Å²) in [7, 11) is 0. The average Bonchev–Trinajstić information content (AvgIpc) is 3.17. The van der Waals surface area contributed by atoms with Gasteiger partial charge in [0.25, 0.3) is 5.91 Å². The first-order chi connectivity index (χ1) is 13.1. The molecule has 2 aromatic carbocycles. The molecule has 0 saturated carbocycles. The van der Waals surface area contributed by atoms with Crippen LogP contribution in [0.2, 0.25) is 0 Å². The number of thioether (sulfide) groups is 1. The molecule has 0 aliphatic carbocycles. The number of halogens is 1. The van der Waals surface area contributed by atoms with Crippen LogP contribution in [0.5, 0.6) is 5.75 Å². The Labute approximate surface area is 165 Å². The molecule has 0 atom stereocenters. The van der Waals surface area contributed by atoms with Gasteiger partial charge in [-0.25, -0.2) is 4.39 Å². The van der Waals surface area contributed by atoms with Crippen molar-refractivity contribution >= 4 is 51.2 Å². The summed E-state index contributed by atoms with van der Waals surface area (Å²) in [5.74, 6) is -0.311. The van der Waals surface area contributed by atoms with Gasteiger partial charge in [0, 0.05) is 22.7 Å². The number of ether oxygens (including phenoxy) is 1. The van der Waals surface area contributed by atoms with E-state index in [1.54, 1.807) is 18.2 Å². The minimum Gasteiger partial charge on any atom is -0.489 e. The van der Waals surface area contributed by atoms with Crippen molar-refractivity contribution in [2.75, 3.05) is 6.61 Å². The van der Waals surface area contributed by atoms with E-state index in [0.717, 1.165) is 16.5 Å². The van der Waals surface area contributed by atoms with E-state index < -0.39 is 0 Å². The molecule has 27 heavy (non-hydrogen) atoms. The second-order valence-corrected chi connectivity index (χ2v) is 7.64. The van der Waals surface area contributed by atoms with Crippen LogP contribution in [0.3, 0.4) is 0 Å². The monoisotopic (exact) mass is 398 g/mol. The maximum absolute atomic E-state index is 13.7. The van der Waals surface area contributed by atoms with Gasteiger partial charge in [0.1, 0.15) is 10.9 Å². The standard InChI is InChI=1S/C20H15FN2O2S2/c21-15-6-2-4-8-17(15)25-10-9-23-12-13(14-5-1-3-7-16(14)23)11-18-19(24)22-20(26)27-18/h1-8,11-12H,9-10H2,(H,22,24,26). The molecule has 0 spiro atoms. The molecule has 1 fully saturated rings. The summed E-state index contributed by atoms with van der Waals surface area (Å²) in [5, 5.41) is 3.65. The Balaban J connectivity index is 1.59. The van der Waals surface area contributed by atoms with Crippen LogP contribution in [-0.4, -0.2) is 21.4 Å². The zero-order valence-electron chi connectivity index (χ0n) is 14.1. The smallest absolute Gasteiger partial charge is 0.263 e. The van der Waals surface area contributed by atoms with Gasteiger partial charge in [-0.2, -0.15) is 0 Å². The molecule has 0 unspecified atom stereocenters.